The molecule has 0 aliphatic heterocycles. The first-order valence-corrected chi connectivity index (χ1v) is 6.92. The Morgan fingerprint density at radius 1 is 1.12 bits per heavy atom. The SMILES string of the molecule is N#CC(C#N)=NNc1ccc(NC(=O)c2ccccc2C(F)(F)F)nc1. The highest BCUT2D eigenvalue weighted by Gasteiger charge is 2.34. The molecule has 0 bridgehead atoms. The van der Waals surface area contributed by atoms with E-state index in [-0.39, 0.29) is 5.82 Å². The number of rotatable bonds is 4. The molecule has 2 aromatic rings. The van der Waals surface area contributed by atoms with E-state index in [4.69, 9.17) is 10.5 Å². The van der Waals surface area contributed by atoms with Gasteiger partial charge in [0.05, 0.1) is 23.0 Å². The van der Waals surface area contributed by atoms with Crippen LogP contribution in [0.1, 0.15) is 15.9 Å². The molecule has 0 fully saturated rings. The summed E-state index contributed by atoms with van der Waals surface area (Å²) < 4.78 is 38.8. The Labute approximate surface area is 145 Å². The number of carbonyl (C=O) groups excluding carboxylic acids is 1. The third-order valence-electron chi connectivity index (χ3n) is 2.99. The summed E-state index contributed by atoms with van der Waals surface area (Å²) in [5.41, 5.74) is 0.740. The normalized spacial score (nSPS) is 10.2. The number of nitriles is 2. The Balaban J connectivity index is 2.13. The van der Waals surface area contributed by atoms with Crippen molar-refractivity contribution < 1.29 is 18.0 Å². The van der Waals surface area contributed by atoms with Crippen molar-refractivity contribution in [3.05, 3.63) is 53.7 Å². The van der Waals surface area contributed by atoms with Crippen LogP contribution in [0.5, 0.6) is 0 Å². The molecule has 10 heteroatoms. The number of aromatic nitrogens is 1. The molecule has 0 aliphatic carbocycles. The largest absolute Gasteiger partial charge is 0.417 e. The van der Waals surface area contributed by atoms with Crippen molar-refractivity contribution in [2.24, 2.45) is 5.10 Å². The quantitative estimate of drug-likeness (QED) is 0.644. The molecular formula is C16H9F3N6O. The minimum absolute atomic E-state index is 0.0160. The van der Waals surface area contributed by atoms with Crippen LogP contribution in [0.25, 0.3) is 0 Å². The molecule has 0 aliphatic rings. The third kappa shape index (κ3) is 4.55. The Bertz CT molecular complexity index is 907. The van der Waals surface area contributed by atoms with Gasteiger partial charge in [-0.2, -0.15) is 28.8 Å². The molecule has 0 atom stereocenters. The molecule has 2 N–H and O–H groups in total. The number of anilines is 2. The van der Waals surface area contributed by atoms with E-state index in [0.717, 1.165) is 12.1 Å². The van der Waals surface area contributed by atoms with Crippen LogP contribution in [-0.4, -0.2) is 16.6 Å². The molecule has 1 aromatic carbocycles. The number of hydrazone groups is 1. The maximum Gasteiger partial charge on any atom is 0.417 e. The molecule has 1 heterocycles. The maximum absolute atomic E-state index is 12.9. The summed E-state index contributed by atoms with van der Waals surface area (Å²) >= 11 is 0. The fraction of sp³-hybridized carbons (Fsp3) is 0.0625. The summed E-state index contributed by atoms with van der Waals surface area (Å²) in [5, 5.41) is 22.9. The highest BCUT2D eigenvalue weighted by atomic mass is 19.4. The highest BCUT2D eigenvalue weighted by Crippen LogP contribution is 2.32. The van der Waals surface area contributed by atoms with E-state index in [2.05, 4.69) is 20.8 Å². The highest BCUT2D eigenvalue weighted by molar-refractivity contribution is 6.10. The molecule has 26 heavy (non-hydrogen) atoms. The van der Waals surface area contributed by atoms with Crippen LogP contribution in [0.3, 0.4) is 0 Å². The maximum atomic E-state index is 12.9. The van der Waals surface area contributed by atoms with Crippen LogP contribution < -0.4 is 10.7 Å². The number of hydrogen-bond donors (Lipinski definition) is 2. The summed E-state index contributed by atoms with van der Waals surface area (Å²) in [6.07, 6.45) is -3.44. The molecular weight excluding hydrogens is 349 g/mol. The van der Waals surface area contributed by atoms with E-state index in [9.17, 15) is 18.0 Å². The standard InChI is InChI=1S/C16H9F3N6O/c17-16(18,19)13-4-2-1-3-12(13)15(26)23-14-6-5-10(9-22-14)24-25-11(7-20)8-21/h1-6,9,24H,(H,22,23,26). The monoisotopic (exact) mass is 358 g/mol. The van der Waals surface area contributed by atoms with E-state index in [1.807, 2.05) is 0 Å². The lowest BCUT2D eigenvalue weighted by molar-refractivity contribution is -0.137. The van der Waals surface area contributed by atoms with Crippen molar-refractivity contribution in [3.63, 3.8) is 0 Å². The smallest absolute Gasteiger partial charge is 0.307 e. The second-order valence-corrected chi connectivity index (χ2v) is 4.73. The fourth-order valence-electron chi connectivity index (χ4n) is 1.84. The zero-order valence-electron chi connectivity index (χ0n) is 12.9. The van der Waals surface area contributed by atoms with Crippen molar-refractivity contribution in [1.82, 2.24) is 4.98 Å². The lowest BCUT2D eigenvalue weighted by atomic mass is 10.1. The van der Waals surface area contributed by atoms with Crippen LogP contribution in [0, 0.1) is 22.7 Å². The summed E-state index contributed by atoms with van der Waals surface area (Å²) in [4.78, 5) is 16.0. The second-order valence-electron chi connectivity index (χ2n) is 4.73. The van der Waals surface area contributed by atoms with Crippen LogP contribution in [0.4, 0.5) is 24.7 Å². The average molecular weight is 358 g/mol. The van der Waals surface area contributed by atoms with Gasteiger partial charge >= 0.3 is 6.18 Å². The molecule has 7 nitrogen and oxygen atoms in total. The number of pyridine rings is 1. The van der Waals surface area contributed by atoms with Gasteiger partial charge in [0.25, 0.3) is 5.91 Å². The third-order valence-corrected chi connectivity index (χ3v) is 2.99. The van der Waals surface area contributed by atoms with E-state index in [1.54, 1.807) is 12.1 Å². The molecule has 1 aromatic heterocycles. The van der Waals surface area contributed by atoms with Gasteiger partial charge in [0, 0.05) is 0 Å². The zero-order valence-corrected chi connectivity index (χ0v) is 12.9. The number of nitrogens with one attached hydrogen (secondary N) is 2. The lowest BCUT2D eigenvalue weighted by Gasteiger charge is -2.12. The second kappa shape index (κ2) is 7.77. The number of alkyl halides is 3. The first-order chi connectivity index (χ1) is 12.3. The van der Waals surface area contributed by atoms with Gasteiger partial charge in [-0.05, 0) is 24.3 Å². The lowest BCUT2D eigenvalue weighted by Crippen LogP contribution is -2.19. The Morgan fingerprint density at radius 3 is 2.38 bits per heavy atom. The van der Waals surface area contributed by atoms with Gasteiger partial charge in [0.1, 0.15) is 18.0 Å². The first kappa shape index (κ1) is 18.4. The molecule has 1 amide bonds. The van der Waals surface area contributed by atoms with Crippen molar-refractivity contribution in [2.75, 3.05) is 10.7 Å². The van der Waals surface area contributed by atoms with Gasteiger partial charge in [-0.15, -0.1) is 0 Å². The van der Waals surface area contributed by atoms with Gasteiger partial charge in [0.2, 0.25) is 5.71 Å². The minimum atomic E-state index is -4.66. The van der Waals surface area contributed by atoms with E-state index < -0.39 is 28.9 Å². The van der Waals surface area contributed by atoms with Gasteiger partial charge in [-0.3, -0.25) is 10.2 Å². The topological polar surface area (TPSA) is 114 Å². The van der Waals surface area contributed by atoms with Crippen LogP contribution in [0.2, 0.25) is 0 Å². The number of halogens is 3. The summed E-state index contributed by atoms with van der Waals surface area (Å²) in [5.74, 6) is -0.942. The molecule has 130 valence electrons. The van der Waals surface area contributed by atoms with Crippen LogP contribution in [-0.2, 0) is 6.18 Å². The van der Waals surface area contributed by atoms with Crippen molar-refractivity contribution in [1.29, 1.82) is 10.5 Å². The van der Waals surface area contributed by atoms with E-state index in [0.29, 0.717) is 5.69 Å². The Hall–Kier alpha value is -3.92. The number of hydrogen-bond acceptors (Lipinski definition) is 6. The van der Waals surface area contributed by atoms with E-state index >= 15 is 0 Å². The first-order valence-electron chi connectivity index (χ1n) is 6.92. The molecule has 0 saturated carbocycles. The van der Waals surface area contributed by atoms with E-state index in [1.165, 1.54) is 30.5 Å². The molecule has 0 spiro atoms. The number of amides is 1. The predicted molar refractivity (Wildman–Crippen MR) is 85.9 cm³/mol. The van der Waals surface area contributed by atoms with Crippen molar-refractivity contribution >= 4 is 23.1 Å². The van der Waals surface area contributed by atoms with Gasteiger partial charge < -0.3 is 5.32 Å². The number of carbonyl (C=O) groups is 1. The van der Waals surface area contributed by atoms with Crippen molar-refractivity contribution in [2.45, 2.75) is 6.18 Å². The Morgan fingerprint density at radius 2 is 1.81 bits per heavy atom. The van der Waals surface area contributed by atoms with Crippen LogP contribution >= 0.6 is 0 Å². The zero-order chi connectivity index (χ0) is 19.2. The predicted octanol–water partition coefficient (Wildman–Crippen LogP) is 3.17. The summed E-state index contributed by atoms with van der Waals surface area (Å²) in [7, 11) is 0. The molecule has 0 saturated heterocycles. The van der Waals surface area contributed by atoms with Crippen molar-refractivity contribution in [3.8, 4) is 12.1 Å². The van der Waals surface area contributed by atoms with Crippen LogP contribution in [0.15, 0.2) is 47.7 Å². The van der Waals surface area contributed by atoms with Gasteiger partial charge in [-0.25, -0.2) is 4.98 Å². The molecule has 0 radical (unpaired) electrons. The van der Waals surface area contributed by atoms with Gasteiger partial charge in [0.15, 0.2) is 0 Å². The summed E-state index contributed by atoms with van der Waals surface area (Å²) in [6, 6.07) is 10.2. The number of nitrogens with zero attached hydrogens (tertiary/aromatic N) is 4. The number of benzene rings is 1. The summed E-state index contributed by atoms with van der Waals surface area (Å²) in [6.45, 7) is 0. The van der Waals surface area contributed by atoms with Gasteiger partial charge in [-0.1, -0.05) is 12.1 Å². The molecule has 0 unspecified atom stereocenters. The fourth-order valence-corrected chi connectivity index (χ4v) is 1.84. The Kier molecular flexibility index (Phi) is 5.50. The minimum Gasteiger partial charge on any atom is -0.307 e. The molecule has 2 rings (SSSR count). The average Bonchev–Trinajstić information content (AvgIpc) is 2.63.